The summed E-state index contributed by atoms with van der Waals surface area (Å²) in [7, 11) is 0. The van der Waals surface area contributed by atoms with Crippen molar-refractivity contribution >= 4 is 0 Å². The Labute approximate surface area is 106 Å². The summed E-state index contributed by atoms with van der Waals surface area (Å²) in [6.07, 6.45) is -0.777. The maximum absolute atomic E-state index is 13.8. The van der Waals surface area contributed by atoms with Gasteiger partial charge in [0.05, 0.1) is 6.10 Å². The molecule has 1 N–H and O–H groups in total. The standard InChI is InChI=1S/C15H15FO2/c1-10-5-3-6-12(9-10)18-15-13(11(2)17)7-4-8-14(15)16/h3-9,11,17H,1-2H3/t11-/m1/s1. The fraction of sp³-hybridized carbons (Fsp3) is 0.200. The van der Waals surface area contributed by atoms with Crippen molar-refractivity contribution in [1.82, 2.24) is 0 Å². The van der Waals surface area contributed by atoms with Gasteiger partial charge in [-0.3, -0.25) is 0 Å². The zero-order chi connectivity index (χ0) is 13.1. The molecule has 0 bridgehead atoms. The summed E-state index contributed by atoms with van der Waals surface area (Å²) >= 11 is 0. The Morgan fingerprint density at radius 1 is 1.17 bits per heavy atom. The van der Waals surface area contributed by atoms with Gasteiger partial charge in [-0.15, -0.1) is 0 Å². The summed E-state index contributed by atoms with van der Waals surface area (Å²) < 4.78 is 19.3. The Morgan fingerprint density at radius 3 is 2.56 bits per heavy atom. The summed E-state index contributed by atoms with van der Waals surface area (Å²) in [5.41, 5.74) is 1.47. The molecule has 0 aliphatic carbocycles. The summed E-state index contributed by atoms with van der Waals surface area (Å²) in [5.74, 6) is 0.162. The summed E-state index contributed by atoms with van der Waals surface area (Å²) in [5, 5.41) is 9.61. The van der Waals surface area contributed by atoms with Gasteiger partial charge < -0.3 is 9.84 Å². The lowest BCUT2D eigenvalue weighted by molar-refractivity contribution is 0.194. The molecule has 2 rings (SSSR count). The van der Waals surface area contributed by atoms with Crippen LogP contribution in [0.5, 0.6) is 11.5 Å². The topological polar surface area (TPSA) is 29.5 Å². The zero-order valence-electron chi connectivity index (χ0n) is 10.4. The molecular weight excluding hydrogens is 231 g/mol. The maximum atomic E-state index is 13.8. The van der Waals surface area contributed by atoms with Gasteiger partial charge in [0.1, 0.15) is 5.75 Å². The Morgan fingerprint density at radius 2 is 1.89 bits per heavy atom. The van der Waals surface area contributed by atoms with E-state index in [1.165, 1.54) is 6.07 Å². The Kier molecular flexibility index (Phi) is 3.63. The van der Waals surface area contributed by atoms with Crippen molar-refractivity contribution in [3.05, 3.63) is 59.4 Å². The maximum Gasteiger partial charge on any atom is 0.168 e. The molecule has 94 valence electrons. The van der Waals surface area contributed by atoms with Crippen molar-refractivity contribution in [2.24, 2.45) is 0 Å². The smallest absolute Gasteiger partial charge is 0.168 e. The number of rotatable bonds is 3. The van der Waals surface area contributed by atoms with E-state index >= 15 is 0 Å². The van der Waals surface area contributed by atoms with Gasteiger partial charge >= 0.3 is 0 Å². The van der Waals surface area contributed by atoms with E-state index in [9.17, 15) is 9.50 Å². The van der Waals surface area contributed by atoms with Crippen LogP contribution in [0.25, 0.3) is 0 Å². The van der Waals surface area contributed by atoms with Crippen molar-refractivity contribution in [3.63, 3.8) is 0 Å². The van der Waals surface area contributed by atoms with Crippen LogP contribution in [0.1, 0.15) is 24.2 Å². The number of aliphatic hydroxyl groups is 1. The first kappa shape index (κ1) is 12.6. The third kappa shape index (κ3) is 2.68. The molecule has 0 saturated carbocycles. The van der Waals surface area contributed by atoms with Gasteiger partial charge in [-0.25, -0.2) is 4.39 Å². The van der Waals surface area contributed by atoms with Gasteiger partial charge in [-0.1, -0.05) is 24.3 Å². The third-order valence-corrected chi connectivity index (χ3v) is 2.66. The first-order valence-electron chi connectivity index (χ1n) is 5.79. The SMILES string of the molecule is Cc1cccc(Oc2c(F)cccc2[C@@H](C)O)c1. The van der Waals surface area contributed by atoms with Gasteiger partial charge in [0.15, 0.2) is 11.6 Å². The quantitative estimate of drug-likeness (QED) is 0.887. The van der Waals surface area contributed by atoms with Crippen LogP contribution in [0, 0.1) is 12.7 Å². The minimum absolute atomic E-state index is 0.0816. The molecule has 18 heavy (non-hydrogen) atoms. The van der Waals surface area contributed by atoms with Crippen molar-refractivity contribution in [2.75, 3.05) is 0 Å². The fourth-order valence-electron chi connectivity index (χ4n) is 1.76. The van der Waals surface area contributed by atoms with E-state index in [2.05, 4.69) is 0 Å². The zero-order valence-corrected chi connectivity index (χ0v) is 10.4. The number of hydrogen-bond acceptors (Lipinski definition) is 2. The van der Waals surface area contributed by atoms with E-state index in [1.54, 1.807) is 25.1 Å². The van der Waals surface area contributed by atoms with E-state index in [-0.39, 0.29) is 5.75 Å². The van der Waals surface area contributed by atoms with Crippen LogP contribution in [0.3, 0.4) is 0 Å². The fourth-order valence-corrected chi connectivity index (χ4v) is 1.76. The minimum Gasteiger partial charge on any atom is -0.454 e. The molecule has 0 aliphatic rings. The average Bonchev–Trinajstić information content (AvgIpc) is 2.31. The molecule has 0 amide bonds. The number of para-hydroxylation sites is 1. The largest absolute Gasteiger partial charge is 0.454 e. The van der Waals surface area contributed by atoms with Gasteiger partial charge in [-0.05, 0) is 37.6 Å². The molecule has 2 nitrogen and oxygen atoms in total. The molecule has 3 heteroatoms. The predicted molar refractivity (Wildman–Crippen MR) is 68.3 cm³/mol. The van der Waals surface area contributed by atoms with Gasteiger partial charge in [0, 0.05) is 5.56 Å². The highest BCUT2D eigenvalue weighted by Gasteiger charge is 2.14. The normalized spacial score (nSPS) is 12.2. The summed E-state index contributed by atoms with van der Waals surface area (Å²) in [6, 6.07) is 11.9. The van der Waals surface area contributed by atoms with Gasteiger partial charge in [0.25, 0.3) is 0 Å². The van der Waals surface area contributed by atoms with Gasteiger partial charge in [0.2, 0.25) is 0 Å². The van der Waals surface area contributed by atoms with Crippen molar-refractivity contribution in [2.45, 2.75) is 20.0 Å². The highest BCUT2D eigenvalue weighted by molar-refractivity contribution is 5.40. The van der Waals surface area contributed by atoms with Crippen LogP contribution >= 0.6 is 0 Å². The molecule has 2 aromatic rings. The van der Waals surface area contributed by atoms with Crippen molar-refractivity contribution < 1.29 is 14.2 Å². The third-order valence-electron chi connectivity index (χ3n) is 2.66. The monoisotopic (exact) mass is 246 g/mol. The Balaban J connectivity index is 2.39. The van der Waals surface area contributed by atoms with E-state index in [0.29, 0.717) is 11.3 Å². The van der Waals surface area contributed by atoms with Crippen molar-refractivity contribution in [1.29, 1.82) is 0 Å². The predicted octanol–water partition coefficient (Wildman–Crippen LogP) is 3.98. The second-order valence-corrected chi connectivity index (χ2v) is 4.25. The lowest BCUT2D eigenvalue weighted by Crippen LogP contribution is -1.98. The summed E-state index contributed by atoms with van der Waals surface area (Å²) in [4.78, 5) is 0. The number of hydrogen-bond donors (Lipinski definition) is 1. The highest BCUT2D eigenvalue weighted by atomic mass is 19.1. The molecule has 0 fully saturated rings. The minimum atomic E-state index is -0.777. The number of ether oxygens (including phenoxy) is 1. The van der Waals surface area contributed by atoms with Crippen LogP contribution < -0.4 is 4.74 Å². The van der Waals surface area contributed by atoms with Crippen LogP contribution in [-0.4, -0.2) is 5.11 Å². The molecule has 0 radical (unpaired) electrons. The molecule has 0 spiro atoms. The van der Waals surface area contributed by atoms with E-state index in [0.717, 1.165) is 5.56 Å². The number of halogens is 1. The van der Waals surface area contributed by atoms with Crippen LogP contribution in [0.4, 0.5) is 4.39 Å². The number of benzene rings is 2. The highest BCUT2D eigenvalue weighted by Crippen LogP contribution is 2.32. The van der Waals surface area contributed by atoms with Crippen molar-refractivity contribution in [3.8, 4) is 11.5 Å². The number of aryl methyl sites for hydroxylation is 1. The van der Waals surface area contributed by atoms with E-state index < -0.39 is 11.9 Å². The second kappa shape index (κ2) is 5.19. The van der Waals surface area contributed by atoms with Gasteiger partial charge in [-0.2, -0.15) is 0 Å². The molecule has 0 saturated heterocycles. The van der Waals surface area contributed by atoms with Crippen LogP contribution in [-0.2, 0) is 0 Å². The van der Waals surface area contributed by atoms with E-state index in [4.69, 9.17) is 4.74 Å². The number of aliphatic hydroxyl groups excluding tert-OH is 1. The lowest BCUT2D eigenvalue weighted by atomic mass is 10.1. The molecule has 2 aromatic carbocycles. The first-order chi connectivity index (χ1) is 8.58. The molecule has 0 aliphatic heterocycles. The Hall–Kier alpha value is -1.87. The molecular formula is C15H15FO2. The average molecular weight is 246 g/mol. The lowest BCUT2D eigenvalue weighted by Gasteiger charge is -2.14. The Bertz CT molecular complexity index is 550. The second-order valence-electron chi connectivity index (χ2n) is 4.25. The van der Waals surface area contributed by atoms with E-state index in [1.807, 2.05) is 25.1 Å². The van der Waals surface area contributed by atoms with Crippen LogP contribution in [0.15, 0.2) is 42.5 Å². The first-order valence-corrected chi connectivity index (χ1v) is 5.79. The summed E-state index contributed by atoms with van der Waals surface area (Å²) in [6.45, 7) is 3.52. The molecule has 0 heterocycles. The molecule has 0 unspecified atom stereocenters. The molecule has 1 atom stereocenters. The van der Waals surface area contributed by atoms with Crippen LogP contribution in [0.2, 0.25) is 0 Å². The molecule has 0 aromatic heterocycles.